The molecule has 0 radical (unpaired) electrons. The Labute approximate surface area is 169 Å². The van der Waals surface area contributed by atoms with Crippen LogP contribution >= 0.6 is 0 Å². The number of hydrogen-bond acceptors (Lipinski definition) is 3. The van der Waals surface area contributed by atoms with Gasteiger partial charge in [0.05, 0.1) is 12.2 Å². The molecule has 4 rings (SSSR count). The van der Waals surface area contributed by atoms with E-state index in [-0.39, 0.29) is 5.91 Å². The van der Waals surface area contributed by atoms with Gasteiger partial charge in [0.15, 0.2) is 0 Å². The number of fused-ring (bicyclic) bond motifs is 1. The molecule has 0 aliphatic rings. The number of nitrogens with zero attached hydrogens (tertiary/aromatic N) is 2. The fourth-order valence-electron chi connectivity index (χ4n) is 2.90. The molecule has 0 saturated heterocycles. The van der Waals surface area contributed by atoms with Crippen LogP contribution in [0.1, 0.15) is 16.8 Å². The maximum absolute atomic E-state index is 12.1. The second-order valence-corrected chi connectivity index (χ2v) is 6.59. The Morgan fingerprint density at radius 3 is 2.59 bits per heavy atom. The van der Waals surface area contributed by atoms with E-state index in [1.54, 1.807) is 6.08 Å². The molecule has 2 aromatic heterocycles. The summed E-state index contributed by atoms with van der Waals surface area (Å²) in [5.74, 6) is 0.633. The zero-order chi connectivity index (χ0) is 19.9. The summed E-state index contributed by atoms with van der Waals surface area (Å²) in [4.78, 5) is 16.5. The van der Waals surface area contributed by atoms with Crippen LogP contribution in [-0.4, -0.2) is 15.3 Å². The summed E-state index contributed by atoms with van der Waals surface area (Å²) in [5, 5.41) is 2.85. The molecule has 5 heteroatoms. The van der Waals surface area contributed by atoms with Crippen molar-refractivity contribution in [3.8, 4) is 5.75 Å². The zero-order valence-electron chi connectivity index (χ0n) is 15.9. The minimum atomic E-state index is -0.161. The number of hydrogen-bond donors (Lipinski definition) is 1. The van der Waals surface area contributed by atoms with Crippen LogP contribution in [0.2, 0.25) is 0 Å². The van der Waals surface area contributed by atoms with Gasteiger partial charge in [0.25, 0.3) is 0 Å². The van der Waals surface area contributed by atoms with Crippen molar-refractivity contribution in [2.24, 2.45) is 0 Å². The fourth-order valence-corrected chi connectivity index (χ4v) is 2.90. The topological polar surface area (TPSA) is 55.6 Å². The minimum absolute atomic E-state index is 0.161. The monoisotopic (exact) mass is 383 g/mol. The average molecular weight is 383 g/mol. The van der Waals surface area contributed by atoms with Crippen LogP contribution < -0.4 is 10.1 Å². The molecule has 5 nitrogen and oxygen atoms in total. The van der Waals surface area contributed by atoms with E-state index < -0.39 is 0 Å². The Morgan fingerprint density at radius 2 is 1.79 bits per heavy atom. The van der Waals surface area contributed by atoms with Crippen LogP contribution in [0.4, 0.5) is 0 Å². The number of carbonyl (C=O) groups is 1. The highest BCUT2D eigenvalue weighted by molar-refractivity contribution is 5.91. The van der Waals surface area contributed by atoms with Crippen molar-refractivity contribution >= 4 is 17.6 Å². The van der Waals surface area contributed by atoms with Crippen molar-refractivity contribution in [2.75, 3.05) is 0 Å². The Hall–Kier alpha value is -3.86. The molecule has 0 atom stereocenters. The minimum Gasteiger partial charge on any atom is -0.489 e. The fraction of sp³-hybridized carbons (Fsp3) is 0.0833. The van der Waals surface area contributed by atoms with E-state index in [1.165, 1.54) is 6.08 Å². The lowest BCUT2D eigenvalue weighted by Crippen LogP contribution is -2.20. The van der Waals surface area contributed by atoms with Gasteiger partial charge in [-0.3, -0.25) is 4.79 Å². The van der Waals surface area contributed by atoms with Gasteiger partial charge in [-0.1, -0.05) is 48.5 Å². The highest BCUT2D eigenvalue weighted by atomic mass is 16.5. The van der Waals surface area contributed by atoms with Crippen molar-refractivity contribution in [3.63, 3.8) is 0 Å². The van der Waals surface area contributed by atoms with Crippen molar-refractivity contribution in [1.82, 2.24) is 14.7 Å². The first-order valence-electron chi connectivity index (χ1n) is 9.41. The number of ether oxygens (including phenoxy) is 1. The smallest absolute Gasteiger partial charge is 0.244 e. The Bertz CT molecular complexity index is 1080. The first kappa shape index (κ1) is 18.5. The molecule has 0 spiro atoms. The third kappa shape index (κ3) is 5.11. The number of carbonyl (C=O) groups excluding carboxylic acids is 1. The molecule has 0 unspecified atom stereocenters. The lowest BCUT2D eigenvalue weighted by molar-refractivity contribution is -0.116. The number of benzene rings is 2. The average Bonchev–Trinajstić information content (AvgIpc) is 3.19. The maximum atomic E-state index is 12.1. The molecule has 0 aliphatic heterocycles. The first-order valence-corrected chi connectivity index (χ1v) is 9.41. The van der Waals surface area contributed by atoms with Crippen molar-refractivity contribution in [1.29, 1.82) is 0 Å². The number of imidazole rings is 1. The van der Waals surface area contributed by atoms with E-state index in [0.717, 1.165) is 28.2 Å². The Morgan fingerprint density at radius 1 is 1.00 bits per heavy atom. The number of pyridine rings is 1. The molecular weight excluding hydrogens is 362 g/mol. The van der Waals surface area contributed by atoms with E-state index in [0.29, 0.717) is 13.2 Å². The number of amides is 1. The van der Waals surface area contributed by atoms with Crippen molar-refractivity contribution in [2.45, 2.75) is 13.2 Å². The Balaban J connectivity index is 1.27. The standard InChI is InChI=1S/C24H21N3O2/c28-24(25-16-21-17-27-15-5-4-8-23(27)26-21)14-11-19-9-12-22(13-10-19)29-18-20-6-2-1-3-7-20/h1-15,17H,16,18H2,(H,25,28)/b14-11+. The van der Waals surface area contributed by atoms with E-state index in [9.17, 15) is 4.79 Å². The van der Waals surface area contributed by atoms with Gasteiger partial charge in [0.1, 0.15) is 18.0 Å². The van der Waals surface area contributed by atoms with Gasteiger partial charge < -0.3 is 14.5 Å². The summed E-state index contributed by atoms with van der Waals surface area (Å²) >= 11 is 0. The van der Waals surface area contributed by atoms with E-state index in [1.807, 2.05) is 89.6 Å². The molecule has 29 heavy (non-hydrogen) atoms. The zero-order valence-corrected chi connectivity index (χ0v) is 15.9. The first-order chi connectivity index (χ1) is 14.3. The lowest BCUT2D eigenvalue weighted by Gasteiger charge is -2.06. The van der Waals surface area contributed by atoms with E-state index >= 15 is 0 Å². The largest absolute Gasteiger partial charge is 0.489 e. The van der Waals surface area contributed by atoms with Gasteiger partial charge in [0, 0.05) is 18.5 Å². The molecular formula is C24H21N3O2. The number of aromatic nitrogens is 2. The number of rotatable bonds is 7. The SMILES string of the molecule is O=C(/C=C/c1ccc(OCc2ccccc2)cc1)NCc1cn2ccccc2n1. The quantitative estimate of drug-likeness (QED) is 0.486. The second kappa shape index (κ2) is 8.89. The van der Waals surface area contributed by atoms with Gasteiger partial charge in [-0.2, -0.15) is 0 Å². The van der Waals surface area contributed by atoms with Crippen molar-refractivity contribution < 1.29 is 9.53 Å². The molecule has 2 heterocycles. The third-order valence-corrected chi connectivity index (χ3v) is 4.41. The van der Waals surface area contributed by atoms with Crippen LogP contribution in [0.15, 0.2) is 91.3 Å². The molecule has 0 aliphatic carbocycles. The predicted octanol–water partition coefficient (Wildman–Crippen LogP) is 4.24. The van der Waals surface area contributed by atoms with Gasteiger partial charge >= 0.3 is 0 Å². The molecule has 1 N–H and O–H groups in total. The normalized spacial score (nSPS) is 11.0. The van der Waals surface area contributed by atoms with Crippen LogP contribution in [0.5, 0.6) is 5.75 Å². The summed E-state index contributed by atoms with van der Waals surface area (Å²) in [6, 6.07) is 23.5. The van der Waals surface area contributed by atoms with Gasteiger partial charge in [0.2, 0.25) is 5.91 Å². The lowest BCUT2D eigenvalue weighted by atomic mass is 10.2. The molecule has 4 aromatic rings. The van der Waals surface area contributed by atoms with E-state index in [2.05, 4.69) is 10.3 Å². The molecule has 2 aromatic carbocycles. The summed E-state index contributed by atoms with van der Waals surface area (Å²) in [6.45, 7) is 0.915. The third-order valence-electron chi connectivity index (χ3n) is 4.41. The van der Waals surface area contributed by atoms with E-state index in [4.69, 9.17) is 4.74 Å². The molecule has 0 saturated carbocycles. The maximum Gasteiger partial charge on any atom is 0.244 e. The van der Waals surface area contributed by atoms with Gasteiger partial charge in [-0.15, -0.1) is 0 Å². The molecule has 0 bridgehead atoms. The van der Waals surface area contributed by atoms with Crippen LogP contribution in [0.25, 0.3) is 11.7 Å². The molecule has 1 amide bonds. The Kier molecular flexibility index (Phi) is 5.67. The summed E-state index contributed by atoms with van der Waals surface area (Å²) in [6.07, 6.45) is 7.14. The highest BCUT2D eigenvalue weighted by Crippen LogP contribution is 2.15. The molecule has 0 fully saturated rings. The second-order valence-electron chi connectivity index (χ2n) is 6.59. The van der Waals surface area contributed by atoms with Crippen LogP contribution in [0.3, 0.4) is 0 Å². The summed E-state index contributed by atoms with van der Waals surface area (Å²) < 4.78 is 7.70. The van der Waals surface area contributed by atoms with Gasteiger partial charge in [-0.25, -0.2) is 4.98 Å². The summed E-state index contributed by atoms with van der Waals surface area (Å²) in [7, 11) is 0. The summed E-state index contributed by atoms with van der Waals surface area (Å²) in [5.41, 5.74) is 3.73. The van der Waals surface area contributed by atoms with Crippen LogP contribution in [-0.2, 0) is 17.9 Å². The highest BCUT2D eigenvalue weighted by Gasteiger charge is 2.02. The van der Waals surface area contributed by atoms with Crippen LogP contribution in [0, 0.1) is 0 Å². The van der Waals surface area contributed by atoms with Gasteiger partial charge in [-0.05, 0) is 41.5 Å². The molecule has 144 valence electrons. The van der Waals surface area contributed by atoms with Crippen molar-refractivity contribution in [3.05, 3.63) is 108 Å². The predicted molar refractivity (Wildman–Crippen MR) is 113 cm³/mol. The number of nitrogens with one attached hydrogen (secondary N) is 1.